The number of hydrogen-bond acceptors (Lipinski definition) is 6. The van der Waals surface area contributed by atoms with Crippen LogP contribution in [0.25, 0.3) is 22.6 Å². The molecule has 0 spiro atoms. The van der Waals surface area contributed by atoms with E-state index in [1.807, 2.05) is 42.5 Å². The lowest BCUT2D eigenvalue weighted by Gasteiger charge is -2.12. The third-order valence-electron chi connectivity index (χ3n) is 5.19. The van der Waals surface area contributed by atoms with Crippen molar-refractivity contribution in [1.29, 1.82) is 0 Å². The van der Waals surface area contributed by atoms with E-state index in [2.05, 4.69) is 0 Å². The van der Waals surface area contributed by atoms with E-state index in [4.69, 9.17) is 25.7 Å². The van der Waals surface area contributed by atoms with Crippen LogP contribution in [0.15, 0.2) is 59.2 Å². The molecule has 1 aliphatic carbocycles. The van der Waals surface area contributed by atoms with Crippen molar-refractivity contribution < 1.29 is 18.7 Å². The van der Waals surface area contributed by atoms with Crippen LogP contribution >= 0.6 is 22.9 Å². The fourth-order valence-electron chi connectivity index (χ4n) is 3.80. The molecule has 1 aromatic carbocycles. The van der Waals surface area contributed by atoms with Crippen molar-refractivity contribution in [3.63, 3.8) is 0 Å². The Labute approximate surface area is 186 Å². The summed E-state index contributed by atoms with van der Waals surface area (Å²) in [5.74, 6) is -0.0640. The third kappa shape index (κ3) is 3.80. The molecule has 0 N–H and O–H groups in total. The van der Waals surface area contributed by atoms with Gasteiger partial charge in [0.15, 0.2) is 6.61 Å². The molecular formula is C24H16ClNO4S. The first-order chi connectivity index (χ1) is 15.1. The largest absolute Gasteiger partial charge is 0.465 e. The van der Waals surface area contributed by atoms with Gasteiger partial charge in [-0.1, -0.05) is 29.8 Å². The van der Waals surface area contributed by atoms with Crippen LogP contribution in [0.4, 0.5) is 0 Å². The number of Topliss-reactive ketones (excluding diaryl/α,β-unsaturated/α-hetero) is 1. The molecule has 0 unspecified atom stereocenters. The zero-order valence-electron chi connectivity index (χ0n) is 16.3. The lowest BCUT2D eigenvalue weighted by atomic mass is 10.0. The fraction of sp³-hybridized carbons (Fsp3) is 0.125. The number of allylic oxidation sites excluding steroid dienone is 1. The number of esters is 1. The summed E-state index contributed by atoms with van der Waals surface area (Å²) < 4.78 is 11.4. The van der Waals surface area contributed by atoms with Gasteiger partial charge < -0.3 is 9.15 Å². The van der Waals surface area contributed by atoms with Gasteiger partial charge in [-0.3, -0.25) is 4.79 Å². The topological polar surface area (TPSA) is 69.4 Å². The molecule has 0 radical (unpaired) electrons. The molecule has 31 heavy (non-hydrogen) atoms. The summed E-state index contributed by atoms with van der Waals surface area (Å²) in [5.41, 5.74) is 3.80. The average molecular weight is 450 g/mol. The van der Waals surface area contributed by atoms with Gasteiger partial charge in [-0.15, -0.1) is 11.3 Å². The number of fused-ring (bicyclic) bond motifs is 2. The Morgan fingerprint density at radius 1 is 1.13 bits per heavy atom. The lowest BCUT2D eigenvalue weighted by Crippen LogP contribution is -2.15. The molecule has 4 aromatic rings. The zero-order valence-corrected chi connectivity index (χ0v) is 17.8. The van der Waals surface area contributed by atoms with Crippen molar-refractivity contribution >= 4 is 57.2 Å². The summed E-state index contributed by atoms with van der Waals surface area (Å²) in [5, 5.41) is 0.720. The number of furan rings is 1. The van der Waals surface area contributed by atoms with Gasteiger partial charge in [-0.2, -0.15) is 0 Å². The molecule has 1 aliphatic rings. The Bertz CT molecular complexity index is 1340. The van der Waals surface area contributed by atoms with Gasteiger partial charge in [0.2, 0.25) is 5.78 Å². The number of rotatable bonds is 5. The molecule has 0 aliphatic heterocycles. The highest BCUT2D eigenvalue weighted by Gasteiger charge is 2.28. The van der Waals surface area contributed by atoms with E-state index in [0.29, 0.717) is 26.7 Å². The van der Waals surface area contributed by atoms with Gasteiger partial charge in [-0.25, -0.2) is 9.78 Å². The number of carbonyl (C=O) groups excluding carboxylic acids is 2. The van der Waals surface area contributed by atoms with Crippen LogP contribution in [0, 0.1) is 0 Å². The summed E-state index contributed by atoms with van der Waals surface area (Å²) in [6.45, 7) is -0.337. The molecule has 0 fully saturated rings. The number of thiophene rings is 1. The minimum absolute atomic E-state index is 0.279. The fourth-order valence-corrected chi connectivity index (χ4v) is 4.76. The summed E-state index contributed by atoms with van der Waals surface area (Å²) in [7, 11) is 0. The van der Waals surface area contributed by atoms with E-state index in [0.717, 1.165) is 34.4 Å². The summed E-state index contributed by atoms with van der Waals surface area (Å²) >= 11 is 7.06. The van der Waals surface area contributed by atoms with Gasteiger partial charge >= 0.3 is 5.97 Å². The molecule has 5 rings (SSSR count). The molecule has 0 saturated heterocycles. The second-order valence-corrected chi connectivity index (χ2v) is 8.83. The van der Waals surface area contributed by atoms with E-state index < -0.39 is 5.97 Å². The first-order valence-electron chi connectivity index (χ1n) is 9.72. The van der Waals surface area contributed by atoms with Crippen LogP contribution in [0.5, 0.6) is 0 Å². The number of pyridine rings is 1. The van der Waals surface area contributed by atoms with Gasteiger partial charge in [0.1, 0.15) is 5.76 Å². The van der Waals surface area contributed by atoms with E-state index in [1.54, 1.807) is 18.4 Å². The first kappa shape index (κ1) is 19.7. The quantitative estimate of drug-likeness (QED) is 0.273. The number of ketones is 1. The summed E-state index contributed by atoms with van der Waals surface area (Å²) in [6.07, 6.45) is 4.98. The summed E-state index contributed by atoms with van der Waals surface area (Å²) in [6, 6.07) is 14.5. The highest BCUT2D eigenvalue weighted by atomic mass is 35.5. The maximum atomic E-state index is 13.1. The predicted molar refractivity (Wildman–Crippen MR) is 121 cm³/mol. The van der Waals surface area contributed by atoms with Crippen molar-refractivity contribution in [2.75, 3.05) is 6.61 Å². The Morgan fingerprint density at radius 3 is 2.77 bits per heavy atom. The number of benzene rings is 1. The minimum atomic E-state index is -0.523. The van der Waals surface area contributed by atoms with Gasteiger partial charge in [-0.05, 0) is 60.4 Å². The van der Waals surface area contributed by atoms with E-state index in [-0.39, 0.29) is 12.4 Å². The highest BCUT2D eigenvalue weighted by molar-refractivity contribution is 7.18. The number of aromatic nitrogens is 1. The smallest absolute Gasteiger partial charge is 0.339 e. The monoisotopic (exact) mass is 449 g/mol. The standard InChI is InChI=1S/C24H16ClNO4S/c25-21-10-9-20(31-21)19(27)13-30-24(28)22-16-5-1-2-6-18(16)26-23-14(7-8-17(22)23)12-15-4-3-11-29-15/h1-6,9-12H,7-8,13H2/b14-12+. The molecule has 0 amide bonds. The van der Waals surface area contributed by atoms with Crippen LogP contribution in [0.2, 0.25) is 4.34 Å². The predicted octanol–water partition coefficient (Wildman–Crippen LogP) is 6.07. The third-order valence-corrected chi connectivity index (χ3v) is 6.46. The lowest BCUT2D eigenvalue weighted by molar-refractivity contribution is 0.0476. The number of hydrogen-bond donors (Lipinski definition) is 0. The summed E-state index contributed by atoms with van der Waals surface area (Å²) in [4.78, 5) is 30.8. The number of carbonyl (C=O) groups is 2. The second-order valence-electron chi connectivity index (χ2n) is 7.12. The maximum absolute atomic E-state index is 13.1. The molecule has 0 atom stereocenters. The van der Waals surface area contributed by atoms with E-state index in [1.165, 1.54) is 11.3 Å². The molecule has 154 valence electrons. The molecule has 7 heteroatoms. The van der Waals surface area contributed by atoms with Crippen molar-refractivity contribution in [3.05, 3.63) is 86.6 Å². The highest BCUT2D eigenvalue weighted by Crippen LogP contribution is 2.37. The first-order valence-corrected chi connectivity index (χ1v) is 10.9. The van der Waals surface area contributed by atoms with E-state index in [9.17, 15) is 9.59 Å². The van der Waals surface area contributed by atoms with Crippen molar-refractivity contribution in [3.8, 4) is 0 Å². The Balaban J connectivity index is 1.51. The SMILES string of the molecule is O=C(COC(=O)c1c2c(nc3ccccc13)/C(=C/c1ccco1)CC2)c1ccc(Cl)s1. The van der Waals surface area contributed by atoms with Gasteiger partial charge in [0.05, 0.1) is 32.3 Å². The Morgan fingerprint density at radius 2 is 2.00 bits per heavy atom. The number of halogens is 1. The zero-order chi connectivity index (χ0) is 21.4. The maximum Gasteiger partial charge on any atom is 0.339 e. The van der Waals surface area contributed by atoms with Crippen molar-refractivity contribution in [2.24, 2.45) is 0 Å². The number of ether oxygens (including phenoxy) is 1. The van der Waals surface area contributed by atoms with Crippen molar-refractivity contribution in [1.82, 2.24) is 4.98 Å². The van der Waals surface area contributed by atoms with Crippen LogP contribution in [0.1, 0.15) is 43.5 Å². The van der Waals surface area contributed by atoms with Gasteiger partial charge in [0, 0.05) is 5.39 Å². The molecule has 0 saturated carbocycles. The second kappa shape index (κ2) is 8.13. The number of nitrogens with zero attached hydrogens (tertiary/aromatic N) is 1. The van der Waals surface area contributed by atoms with Crippen LogP contribution < -0.4 is 0 Å². The number of para-hydroxylation sites is 1. The van der Waals surface area contributed by atoms with Crippen LogP contribution in [0.3, 0.4) is 0 Å². The molecular weight excluding hydrogens is 434 g/mol. The van der Waals surface area contributed by atoms with Gasteiger partial charge in [0.25, 0.3) is 0 Å². The van der Waals surface area contributed by atoms with Crippen molar-refractivity contribution in [2.45, 2.75) is 12.8 Å². The molecule has 0 bridgehead atoms. The molecule has 3 aromatic heterocycles. The van der Waals surface area contributed by atoms with Crippen LogP contribution in [-0.4, -0.2) is 23.3 Å². The average Bonchev–Trinajstić information content (AvgIpc) is 3.53. The minimum Gasteiger partial charge on any atom is -0.465 e. The Hall–Kier alpha value is -3.22. The Kier molecular flexibility index (Phi) is 5.18. The van der Waals surface area contributed by atoms with E-state index >= 15 is 0 Å². The molecule has 3 heterocycles. The normalized spacial score (nSPS) is 14.2. The van der Waals surface area contributed by atoms with Crippen LogP contribution in [-0.2, 0) is 11.2 Å². The molecule has 5 nitrogen and oxygen atoms in total.